The summed E-state index contributed by atoms with van der Waals surface area (Å²) in [6.45, 7) is 2.64. The van der Waals surface area contributed by atoms with E-state index in [1.165, 1.54) is 29.8 Å². The van der Waals surface area contributed by atoms with Crippen LogP contribution in [0.1, 0.15) is 12.5 Å². The molecule has 0 aliphatic rings. The van der Waals surface area contributed by atoms with Crippen LogP contribution in [0.3, 0.4) is 0 Å². The Morgan fingerprint density at radius 2 is 1.92 bits per heavy atom. The zero-order valence-electron chi connectivity index (χ0n) is 13.4. The van der Waals surface area contributed by atoms with E-state index >= 15 is 0 Å². The van der Waals surface area contributed by atoms with Gasteiger partial charge in [0.1, 0.15) is 23.9 Å². The van der Waals surface area contributed by atoms with Gasteiger partial charge in [0.25, 0.3) is 5.91 Å². The average molecular weight is 396 g/mol. The molecule has 1 N–H and O–H groups in total. The molecule has 0 aromatic heterocycles. The molecule has 0 atom stereocenters. The first kappa shape index (κ1) is 18.3. The van der Waals surface area contributed by atoms with Crippen LogP contribution in [0, 0.1) is 5.82 Å². The smallest absolute Gasteiger partial charge is 0.258 e. The summed E-state index contributed by atoms with van der Waals surface area (Å²) in [5, 5.41) is 2.70. The fourth-order valence-corrected chi connectivity index (χ4v) is 2.51. The lowest BCUT2D eigenvalue weighted by atomic mass is 10.2. The molecule has 2 rings (SSSR count). The van der Waals surface area contributed by atoms with E-state index in [2.05, 4.69) is 28.2 Å². The molecular formula is C18H19BrFNO3. The molecule has 0 saturated heterocycles. The predicted octanol–water partition coefficient (Wildman–Crippen LogP) is 3.72. The summed E-state index contributed by atoms with van der Waals surface area (Å²) >= 11 is 3.43. The molecule has 0 fully saturated rings. The number of ether oxygens (including phenoxy) is 2. The topological polar surface area (TPSA) is 47.6 Å². The van der Waals surface area contributed by atoms with E-state index in [0.717, 1.165) is 10.9 Å². The second-order valence-electron chi connectivity index (χ2n) is 5.06. The Labute approximate surface area is 149 Å². The van der Waals surface area contributed by atoms with Crippen molar-refractivity contribution in [2.45, 2.75) is 13.3 Å². The number of amides is 1. The second kappa shape index (κ2) is 9.27. The number of nitrogens with one attached hydrogen (secondary N) is 1. The van der Waals surface area contributed by atoms with Crippen molar-refractivity contribution in [2.75, 3.05) is 19.8 Å². The van der Waals surface area contributed by atoms with Gasteiger partial charge in [-0.05, 0) is 64.3 Å². The molecule has 0 aliphatic carbocycles. The molecule has 2 aromatic carbocycles. The van der Waals surface area contributed by atoms with E-state index in [-0.39, 0.29) is 18.3 Å². The third-order valence-corrected chi connectivity index (χ3v) is 3.89. The van der Waals surface area contributed by atoms with E-state index in [1.807, 2.05) is 18.2 Å². The van der Waals surface area contributed by atoms with Crippen molar-refractivity contribution in [3.05, 3.63) is 58.3 Å². The standard InChI is InChI=1S/C18H19BrFNO3/c1-2-13-3-8-17(16(19)11-13)24-12-18(22)21-9-10-23-15-6-4-14(20)5-7-15/h3-8,11H,2,9-10,12H2,1H3,(H,21,22). The van der Waals surface area contributed by atoms with Crippen molar-refractivity contribution in [1.29, 1.82) is 0 Å². The summed E-state index contributed by atoms with van der Waals surface area (Å²) in [7, 11) is 0. The molecule has 0 aliphatic heterocycles. The highest BCUT2D eigenvalue weighted by molar-refractivity contribution is 9.10. The third kappa shape index (κ3) is 5.85. The zero-order chi connectivity index (χ0) is 17.4. The van der Waals surface area contributed by atoms with Crippen LogP contribution in [-0.2, 0) is 11.2 Å². The Bertz CT molecular complexity index is 676. The van der Waals surface area contributed by atoms with Crippen LogP contribution in [0.2, 0.25) is 0 Å². The van der Waals surface area contributed by atoms with Gasteiger partial charge in [0.2, 0.25) is 0 Å². The number of rotatable bonds is 8. The number of hydrogen-bond acceptors (Lipinski definition) is 3. The summed E-state index contributed by atoms with van der Waals surface area (Å²) in [4.78, 5) is 11.8. The minimum absolute atomic E-state index is 0.0688. The van der Waals surface area contributed by atoms with Gasteiger partial charge in [0.05, 0.1) is 11.0 Å². The summed E-state index contributed by atoms with van der Waals surface area (Å²) in [5.41, 5.74) is 1.19. The van der Waals surface area contributed by atoms with Crippen LogP contribution in [0.15, 0.2) is 46.9 Å². The molecule has 24 heavy (non-hydrogen) atoms. The summed E-state index contributed by atoms with van der Waals surface area (Å²) in [6, 6.07) is 11.5. The van der Waals surface area contributed by atoms with Gasteiger partial charge in [-0.25, -0.2) is 4.39 Å². The lowest BCUT2D eigenvalue weighted by Crippen LogP contribution is -2.32. The maximum absolute atomic E-state index is 12.7. The highest BCUT2D eigenvalue weighted by atomic mass is 79.9. The van der Waals surface area contributed by atoms with Crippen LogP contribution < -0.4 is 14.8 Å². The van der Waals surface area contributed by atoms with Crippen molar-refractivity contribution < 1.29 is 18.7 Å². The molecule has 128 valence electrons. The van der Waals surface area contributed by atoms with E-state index < -0.39 is 0 Å². The van der Waals surface area contributed by atoms with Crippen LogP contribution >= 0.6 is 15.9 Å². The summed E-state index contributed by atoms with van der Waals surface area (Å²) in [6.07, 6.45) is 0.938. The zero-order valence-corrected chi connectivity index (χ0v) is 14.9. The highest BCUT2D eigenvalue weighted by Gasteiger charge is 2.06. The lowest BCUT2D eigenvalue weighted by molar-refractivity contribution is -0.123. The van der Waals surface area contributed by atoms with Crippen LogP contribution in [0.25, 0.3) is 0 Å². The molecule has 0 spiro atoms. The van der Waals surface area contributed by atoms with Gasteiger partial charge in [0, 0.05) is 0 Å². The van der Waals surface area contributed by atoms with Gasteiger partial charge in [-0.1, -0.05) is 13.0 Å². The first-order valence-electron chi connectivity index (χ1n) is 7.64. The quantitative estimate of drug-likeness (QED) is 0.692. The maximum atomic E-state index is 12.7. The first-order valence-corrected chi connectivity index (χ1v) is 8.44. The lowest BCUT2D eigenvalue weighted by Gasteiger charge is -2.10. The number of carbonyl (C=O) groups excluding carboxylic acids is 1. The van der Waals surface area contributed by atoms with E-state index in [4.69, 9.17) is 9.47 Å². The van der Waals surface area contributed by atoms with Gasteiger partial charge in [0.15, 0.2) is 6.61 Å². The van der Waals surface area contributed by atoms with Gasteiger partial charge in [-0.15, -0.1) is 0 Å². The highest BCUT2D eigenvalue weighted by Crippen LogP contribution is 2.26. The van der Waals surface area contributed by atoms with Crippen molar-refractivity contribution >= 4 is 21.8 Å². The summed E-state index contributed by atoms with van der Waals surface area (Å²) < 4.78 is 24.4. The van der Waals surface area contributed by atoms with Gasteiger partial charge < -0.3 is 14.8 Å². The molecule has 0 heterocycles. The normalized spacial score (nSPS) is 10.3. The molecule has 0 bridgehead atoms. The predicted molar refractivity (Wildman–Crippen MR) is 93.9 cm³/mol. The van der Waals surface area contributed by atoms with E-state index in [9.17, 15) is 9.18 Å². The van der Waals surface area contributed by atoms with Crippen LogP contribution in [0.4, 0.5) is 4.39 Å². The first-order chi connectivity index (χ1) is 11.6. The minimum atomic E-state index is -0.314. The van der Waals surface area contributed by atoms with E-state index in [0.29, 0.717) is 24.7 Å². The number of halogens is 2. The van der Waals surface area contributed by atoms with Gasteiger partial charge >= 0.3 is 0 Å². The van der Waals surface area contributed by atoms with Crippen molar-refractivity contribution in [1.82, 2.24) is 5.32 Å². The number of carbonyl (C=O) groups is 1. The number of benzene rings is 2. The van der Waals surface area contributed by atoms with Crippen molar-refractivity contribution in [3.8, 4) is 11.5 Å². The van der Waals surface area contributed by atoms with Gasteiger partial charge in [-0.2, -0.15) is 0 Å². The molecule has 0 radical (unpaired) electrons. The molecule has 6 heteroatoms. The molecule has 0 saturated carbocycles. The SMILES string of the molecule is CCc1ccc(OCC(=O)NCCOc2ccc(F)cc2)c(Br)c1. The maximum Gasteiger partial charge on any atom is 0.258 e. The summed E-state index contributed by atoms with van der Waals surface area (Å²) in [5.74, 6) is 0.641. The molecule has 2 aromatic rings. The fourth-order valence-electron chi connectivity index (χ4n) is 1.97. The fraction of sp³-hybridized carbons (Fsp3) is 0.278. The largest absolute Gasteiger partial charge is 0.492 e. The number of aryl methyl sites for hydroxylation is 1. The van der Waals surface area contributed by atoms with Crippen molar-refractivity contribution in [2.24, 2.45) is 0 Å². The Morgan fingerprint density at radius 1 is 1.17 bits per heavy atom. The molecular weight excluding hydrogens is 377 g/mol. The van der Waals surface area contributed by atoms with Crippen LogP contribution in [0.5, 0.6) is 11.5 Å². The monoisotopic (exact) mass is 395 g/mol. The molecule has 1 amide bonds. The average Bonchev–Trinajstić information content (AvgIpc) is 2.59. The van der Waals surface area contributed by atoms with E-state index in [1.54, 1.807) is 0 Å². The Hall–Kier alpha value is -2.08. The molecule has 0 unspecified atom stereocenters. The Kier molecular flexibility index (Phi) is 7.06. The Balaban J connectivity index is 1.67. The van der Waals surface area contributed by atoms with Gasteiger partial charge in [-0.3, -0.25) is 4.79 Å². The third-order valence-electron chi connectivity index (χ3n) is 3.27. The Morgan fingerprint density at radius 3 is 2.58 bits per heavy atom. The van der Waals surface area contributed by atoms with Crippen LogP contribution in [-0.4, -0.2) is 25.7 Å². The number of hydrogen-bond donors (Lipinski definition) is 1. The minimum Gasteiger partial charge on any atom is -0.492 e. The van der Waals surface area contributed by atoms with Crippen molar-refractivity contribution in [3.63, 3.8) is 0 Å². The second-order valence-corrected chi connectivity index (χ2v) is 5.91. The molecule has 4 nitrogen and oxygen atoms in total.